The van der Waals surface area contributed by atoms with Crippen LogP contribution in [0.15, 0.2) is 47.8 Å². The predicted molar refractivity (Wildman–Crippen MR) is 118 cm³/mol. The van der Waals surface area contributed by atoms with Crippen molar-refractivity contribution in [3.8, 4) is 11.1 Å². The zero-order valence-corrected chi connectivity index (χ0v) is 17.5. The molecule has 0 aliphatic heterocycles. The van der Waals surface area contributed by atoms with Gasteiger partial charge in [0, 0.05) is 42.9 Å². The highest BCUT2D eigenvalue weighted by Gasteiger charge is 2.09. The van der Waals surface area contributed by atoms with E-state index in [9.17, 15) is 0 Å². The van der Waals surface area contributed by atoms with Crippen molar-refractivity contribution in [2.75, 3.05) is 37.6 Å². The number of rotatable bonds is 8. The minimum absolute atomic E-state index is 0.635. The number of aryl methyl sites for hydroxylation is 2. The standard InChI is InChI=1S/C21H25N5OS/c1-15-11-19(28-16(15)2)14-23-25-20-12-18(17-5-7-22-8-6-17)13-21(24-20)26(3)9-10-27-4/h5-8,11-14H,9-10H2,1-4H3,(H,24,25)/b23-14+. The van der Waals surface area contributed by atoms with Gasteiger partial charge in [-0.15, -0.1) is 11.3 Å². The molecule has 1 N–H and O–H groups in total. The molecule has 0 unspecified atom stereocenters. The Balaban J connectivity index is 1.86. The van der Waals surface area contributed by atoms with Crippen LogP contribution in [-0.2, 0) is 4.74 Å². The Bertz CT molecular complexity index is 920. The first-order valence-electron chi connectivity index (χ1n) is 9.05. The minimum Gasteiger partial charge on any atom is -0.383 e. The average Bonchev–Trinajstić information content (AvgIpc) is 3.04. The molecule has 0 aliphatic rings. The van der Waals surface area contributed by atoms with Crippen molar-refractivity contribution >= 4 is 29.2 Å². The molecule has 0 amide bonds. The number of thiophene rings is 1. The van der Waals surface area contributed by atoms with Gasteiger partial charge in [-0.25, -0.2) is 4.98 Å². The van der Waals surface area contributed by atoms with Gasteiger partial charge in [0.25, 0.3) is 0 Å². The number of nitrogens with one attached hydrogen (secondary N) is 1. The quantitative estimate of drug-likeness (QED) is 0.454. The van der Waals surface area contributed by atoms with Crippen molar-refractivity contribution in [2.45, 2.75) is 13.8 Å². The molecule has 0 aromatic carbocycles. The van der Waals surface area contributed by atoms with Crippen LogP contribution in [0.1, 0.15) is 15.3 Å². The van der Waals surface area contributed by atoms with Gasteiger partial charge in [-0.1, -0.05) is 0 Å². The van der Waals surface area contributed by atoms with Gasteiger partial charge < -0.3 is 9.64 Å². The summed E-state index contributed by atoms with van der Waals surface area (Å²) in [5, 5.41) is 4.38. The van der Waals surface area contributed by atoms with Crippen LogP contribution in [0.5, 0.6) is 0 Å². The van der Waals surface area contributed by atoms with E-state index in [1.165, 1.54) is 10.4 Å². The zero-order chi connectivity index (χ0) is 19.9. The molecule has 3 aromatic rings. The molecule has 0 fully saturated rings. The van der Waals surface area contributed by atoms with Crippen molar-refractivity contribution in [3.05, 3.63) is 58.0 Å². The number of hydrogen-bond donors (Lipinski definition) is 1. The second kappa shape index (κ2) is 9.43. The number of aromatic nitrogens is 2. The van der Waals surface area contributed by atoms with Gasteiger partial charge in [0.15, 0.2) is 0 Å². The Hall–Kier alpha value is -2.77. The highest BCUT2D eigenvalue weighted by molar-refractivity contribution is 7.13. The van der Waals surface area contributed by atoms with Crippen LogP contribution in [0, 0.1) is 13.8 Å². The zero-order valence-electron chi connectivity index (χ0n) is 16.6. The lowest BCUT2D eigenvalue weighted by molar-refractivity contribution is 0.206. The highest BCUT2D eigenvalue weighted by Crippen LogP contribution is 2.26. The molecule has 3 heterocycles. The second-order valence-corrected chi connectivity index (χ2v) is 7.80. The average molecular weight is 396 g/mol. The summed E-state index contributed by atoms with van der Waals surface area (Å²) < 4.78 is 5.19. The Morgan fingerprint density at radius 3 is 2.64 bits per heavy atom. The summed E-state index contributed by atoms with van der Waals surface area (Å²) in [4.78, 5) is 13.3. The van der Waals surface area contributed by atoms with Crippen LogP contribution in [0.2, 0.25) is 0 Å². The van der Waals surface area contributed by atoms with Gasteiger partial charge in [0.1, 0.15) is 11.6 Å². The summed E-state index contributed by atoms with van der Waals surface area (Å²) in [5.41, 5.74) is 6.49. The predicted octanol–water partition coefficient (Wildman–Crippen LogP) is 4.35. The third-order valence-corrected chi connectivity index (χ3v) is 5.49. The Labute approximate surface area is 169 Å². The lowest BCUT2D eigenvalue weighted by atomic mass is 10.1. The van der Waals surface area contributed by atoms with E-state index in [0.29, 0.717) is 12.4 Å². The fourth-order valence-corrected chi connectivity index (χ4v) is 3.56. The first kappa shape index (κ1) is 20.0. The molecule has 28 heavy (non-hydrogen) atoms. The number of likely N-dealkylation sites (N-methyl/N-ethyl adjacent to an activating group) is 1. The van der Waals surface area contributed by atoms with Crippen LogP contribution in [0.4, 0.5) is 11.6 Å². The maximum atomic E-state index is 5.19. The van der Waals surface area contributed by atoms with E-state index in [1.807, 2.05) is 31.5 Å². The van der Waals surface area contributed by atoms with E-state index < -0.39 is 0 Å². The summed E-state index contributed by atoms with van der Waals surface area (Å²) in [6, 6.07) is 10.2. The molecule has 6 nitrogen and oxygen atoms in total. The lowest BCUT2D eigenvalue weighted by Crippen LogP contribution is -2.23. The molecular formula is C21H25N5OS. The fourth-order valence-electron chi connectivity index (χ4n) is 2.65. The second-order valence-electron chi connectivity index (χ2n) is 6.51. The van der Waals surface area contributed by atoms with E-state index >= 15 is 0 Å². The molecule has 0 saturated carbocycles. The summed E-state index contributed by atoms with van der Waals surface area (Å²) in [5.74, 6) is 1.54. The Morgan fingerprint density at radius 2 is 1.96 bits per heavy atom. The lowest BCUT2D eigenvalue weighted by Gasteiger charge is -2.19. The number of hydrogen-bond acceptors (Lipinski definition) is 7. The van der Waals surface area contributed by atoms with Gasteiger partial charge in [-0.3, -0.25) is 10.4 Å². The topological polar surface area (TPSA) is 62.6 Å². The fraction of sp³-hybridized carbons (Fsp3) is 0.286. The number of pyridine rings is 2. The van der Waals surface area contributed by atoms with Crippen LogP contribution < -0.4 is 10.3 Å². The van der Waals surface area contributed by atoms with E-state index in [4.69, 9.17) is 9.72 Å². The number of anilines is 2. The summed E-state index contributed by atoms with van der Waals surface area (Å²) in [6.07, 6.45) is 5.41. The van der Waals surface area contributed by atoms with Crippen LogP contribution in [0.25, 0.3) is 11.1 Å². The number of methoxy groups -OCH3 is 1. The van der Waals surface area contributed by atoms with Gasteiger partial charge in [-0.2, -0.15) is 5.10 Å². The molecule has 3 aromatic heterocycles. The van der Waals surface area contributed by atoms with Crippen molar-refractivity contribution in [3.63, 3.8) is 0 Å². The van der Waals surface area contributed by atoms with Crippen molar-refractivity contribution in [1.82, 2.24) is 9.97 Å². The smallest absolute Gasteiger partial charge is 0.149 e. The third kappa shape index (κ3) is 5.15. The molecule has 0 spiro atoms. The van der Waals surface area contributed by atoms with Crippen LogP contribution in [-0.4, -0.2) is 43.5 Å². The van der Waals surface area contributed by atoms with Gasteiger partial charge >= 0.3 is 0 Å². The van der Waals surface area contributed by atoms with E-state index in [1.54, 1.807) is 30.8 Å². The first-order valence-corrected chi connectivity index (χ1v) is 9.87. The van der Waals surface area contributed by atoms with E-state index in [-0.39, 0.29) is 0 Å². The van der Waals surface area contributed by atoms with E-state index in [0.717, 1.165) is 28.4 Å². The molecule has 0 bridgehead atoms. The molecule has 7 heteroatoms. The summed E-state index contributed by atoms with van der Waals surface area (Å²) in [6.45, 7) is 5.61. The molecule has 3 rings (SSSR count). The number of hydrazone groups is 1. The third-order valence-electron chi connectivity index (χ3n) is 4.40. The van der Waals surface area contributed by atoms with Crippen molar-refractivity contribution in [2.24, 2.45) is 5.10 Å². The minimum atomic E-state index is 0.635. The number of nitrogens with zero attached hydrogens (tertiary/aromatic N) is 4. The first-order chi connectivity index (χ1) is 13.6. The van der Waals surface area contributed by atoms with Gasteiger partial charge in [0.05, 0.1) is 12.8 Å². The molecule has 0 aliphatic carbocycles. The van der Waals surface area contributed by atoms with Crippen molar-refractivity contribution < 1.29 is 4.74 Å². The summed E-state index contributed by atoms with van der Waals surface area (Å²) >= 11 is 1.73. The van der Waals surface area contributed by atoms with Gasteiger partial charge in [0.2, 0.25) is 0 Å². The highest BCUT2D eigenvalue weighted by atomic mass is 32.1. The Morgan fingerprint density at radius 1 is 1.18 bits per heavy atom. The van der Waals surface area contributed by atoms with Crippen molar-refractivity contribution in [1.29, 1.82) is 0 Å². The molecule has 146 valence electrons. The molecule has 0 radical (unpaired) electrons. The van der Waals surface area contributed by atoms with Crippen LogP contribution in [0.3, 0.4) is 0 Å². The molecule has 0 atom stereocenters. The van der Waals surface area contributed by atoms with E-state index in [2.05, 4.69) is 46.4 Å². The molecule has 0 saturated heterocycles. The Kier molecular flexibility index (Phi) is 6.73. The van der Waals surface area contributed by atoms with Gasteiger partial charge in [-0.05, 0) is 60.9 Å². The van der Waals surface area contributed by atoms with Crippen LogP contribution >= 0.6 is 11.3 Å². The maximum absolute atomic E-state index is 5.19. The molecular weight excluding hydrogens is 370 g/mol. The normalized spacial score (nSPS) is 11.1. The maximum Gasteiger partial charge on any atom is 0.149 e. The largest absolute Gasteiger partial charge is 0.383 e. The summed E-state index contributed by atoms with van der Waals surface area (Å²) in [7, 11) is 3.70. The SMILES string of the molecule is COCCN(C)c1cc(-c2ccncc2)cc(N/N=C/c2cc(C)c(C)s2)n1. The number of ether oxygens (including phenoxy) is 1. The monoisotopic (exact) mass is 395 g/mol.